The smallest absolute Gasteiger partial charge is 0.126 e. The summed E-state index contributed by atoms with van der Waals surface area (Å²) < 4.78 is 31.8. The van der Waals surface area contributed by atoms with Crippen molar-refractivity contribution in [1.82, 2.24) is 0 Å². The molecule has 7 rings (SSSR count). The van der Waals surface area contributed by atoms with E-state index in [1.54, 1.807) is 31.4 Å². The highest BCUT2D eigenvalue weighted by molar-refractivity contribution is 6.31. The topological polar surface area (TPSA) is 9.23 Å². The summed E-state index contributed by atoms with van der Waals surface area (Å²) in [6.07, 6.45) is 0. The van der Waals surface area contributed by atoms with Gasteiger partial charge in [0, 0.05) is 15.6 Å². The standard InChI is InChI=1S/C15H24.C13H20O.C13H20.2C12H17Cl.2C12H17F/c1-10(2)13-7-8-14(11(3)4)15(9-13)12(5)6;1-9(2)11-7-6-8-12(14-5)13(11)10(3)4;1-9(2)12-7-6-11(5)8-13(12)10(3)4;1-8(2)11-6-5-10(13)7-12(11)9(3)4;1-8(2)10-6-5-7-11(13)12(10)9(3)4;1-8(2)11-6-5-10(13)7-12(11)9(3)4;1-8(2)10-6-5-7-11(13)12(10)9(3)4/h7-12H,1-6H3;6-10H,1-5H3;6-10H,1-5H3;4*5-9H,1-4H3. The van der Waals surface area contributed by atoms with Crippen molar-refractivity contribution in [3.05, 3.63) is 238 Å². The van der Waals surface area contributed by atoms with Crippen molar-refractivity contribution in [2.24, 2.45) is 0 Å². The van der Waals surface area contributed by atoms with Gasteiger partial charge in [-0.25, -0.2) is 8.78 Å². The predicted octanol–water partition coefficient (Wildman–Crippen LogP) is 30.6. The van der Waals surface area contributed by atoms with E-state index in [0.717, 1.165) is 32.5 Å². The Balaban J connectivity index is 0.000000549. The average molecular weight is 1330 g/mol. The first-order chi connectivity index (χ1) is 43.6. The van der Waals surface area contributed by atoms with Crippen LogP contribution in [0.5, 0.6) is 5.75 Å². The van der Waals surface area contributed by atoms with Gasteiger partial charge in [-0.1, -0.05) is 321 Å². The summed E-state index contributed by atoms with van der Waals surface area (Å²) in [5, 5.41) is 1.74. The quantitative estimate of drug-likeness (QED) is 0.0937. The van der Waals surface area contributed by atoms with E-state index >= 15 is 0 Å². The van der Waals surface area contributed by atoms with E-state index in [9.17, 15) is 8.78 Å². The molecule has 522 valence electrons. The number of methoxy groups -OCH3 is 1. The van der Waals surface area contributed by atoms with Crippen molar-refractivity contribution in [3.63, 3.8) is 0 Å². The average Bonchev–Trinajstić information content (AvgIpc) is 0.942. The largest absolute Gasteiger partial charge is 0.496 e. The Labute approximate surface area is 587 Å². The third-order valence-electron chi connectivity index (χ3n) is 17.2. The maximum Gasteiger partial charge on any atom is 0.126 e. The Morgan fingerprint density at radius 2 is 0.606 bits per heavy atom. The fourth-order valence-electron chi connectivity index (χ4n) is 12.0. The SMILES string of the molecule is CC(C)c1ccc(C(C)C)c(C(C)C)c1.CC(C)c1ccc(Cl)cc1C(C)C.CC(C)c1ccc(F)cc1C(C)C.CC(C)c1cccc(Cl)c1C(C)C.CC(C)c1cccc(F)c1C(C)C.COc1cccc(C(C)C)c1C(C)C.Cc1ccc(C(C)C)c(C(C)C)c1. The molecule has 5 heteroatoms. The lowest BCUT2D eigenvalue weighted by Crippen LogP contribution is -2.01. The highest BCUT2D eigenvalue weighted by atomic mass is 35.5. The van der Waals surface area contributed by atoms with Crippen LogP contribution in [0.25, 0.3) is 0 Å². The second kappa shape index (κ2) is 42.5. The molecule has 94 heavy (non-hydrogen) atoms. The zero-order valence-corrected chi connectivity index (χ0v) is 66.7. The van der Waals surface area contributed by atoms with E-state index in [4.69, 9.17) is 27.9 Å². The Morgan fingerprint density at radius 1 is 0.277 bits per heavy atom. The Hall–Kier alpha value is -5.22. The molecule has 0 amide bonds. The minimum Gasteiger partial charge on any atom is -0.496 e. The summed E-state index contributed by atoms with van der Waals surface area (Å²) in [6.45, 7) is 68.1. The van der Waals surface area contributed by atoms with Gasteiger partial charge in [0.05, 0.1) is 7.11 Å². The van der Waals surface area contributed by atoms with Crippen LogP contribution in [0.3, 0.4) is 0 Å². The fourth-order valence-corrected chi connectivity index (χ4v) is 12.6. The first kappa shape index (κ1) is 86.8. The predicted molar refractivity (Wildman–Crippen MR) is 418 cm³/mol. The molecule has 7 aromatic rings. The molecule has 0 saturated heterocycles. The van der Waals surface area contributed by atoms with Gasteiger partial charge in [-0.3, -0.25) is 0 Å². The minimum absolute atomic E-state index is 0.0683. The number of halogens is 4. The van der Waals surface area contributed by atoms with E-state index in [1.165, 1.54) is 72.3 Å². The third-order valence-corrected chi connectivity index (χ3v) is 17.7. The highest BCUT2D eigenvalue weighted by Gasteiger charge is 2.18. The van der Waals surface area contributed by atoms with Crippen LogP contribution in [0, 0.1) is 18.6 Å². The number of ether oxygens (including phenoxy) is 1. The molecular weight excluding hydrogens is 1190 g/mol. The Kier molecular flexibility index (Phi) is 39.2. The van der Waals surface area contributed by atoms with Gasteiger partial charge in [0.15, 0.2) is 0 Å². The molecule has 0 fully saturated rings. The van der Waals surface area contributed by atoms with Gasteiger partial charge >= 0.3 is 0 Å². The van der Waals surface area contributed by atoms with E-state index in [2.05, 4.69) is 268 Å². The molecule has 0 aromatic heterocycles. The van der Waals surface area contributed by atoms with Crippen LogP contribution in [0.1, 0.15) is 385 Å². The van der Waals surface area contributed by atoms with Crippen LogP contribution in [0.2, 0.25) is 10.0 Å². The summed E-state index contributed by atoms with van der Waals surface area (Å²) in [4.78, 5) is 0. The molecule has 0 bridgehead atoms. The molecule has 0 spiro atoms. The van der Waals surface area contributed by atoms with Crippen molar-refractivity contribution >= 4 is 23.2 Å². The summed E-state index contributed by atoms with van der Waals surface area (Å²) >= 11 is 12.1. The lowest BCUT2D eigenvalue weighted by atomic mass is 9.87. The van der Waals surface area contributed by atoms with Crippen LogP contribution in [-0.2, 0) is 0 Å². The van der Waals surface area contributed by atoms with Crippen molar-refractivity contribution in [3.8, 4) is 5.75 Å². The molecule has 0 aliphatic rings. The molecule has 0 saturated carbocycles. The van der Waals surface area contributed by atoms with Crippen molar-refractivity contribution in [2.75, 3.05) is 7.11 Å². The molecule has 0 radical (unpaired) electrons. The normalized spacial score (nSPS) is 11.4. The van der Waals surface area contributed by atoms with Crippen molar-refractivity contribution < 1.29 is 13.5 Å². The minimum atomic E-state index is -0.131. The molecule has 0 unspecified atom stereocenters. The Morgan fingerprint density at radius 3 is 0.979 bits per heavy atom. The molecule has 0 N–H and O–H groups in total. The van der Waals surface area contributed by atoms with Crippen LogP contribution in [0.4, 0.5) is 8.78 Å². The monoisotopic (exact) mass is 1320 g/mol. The summed E-state index contributed by atoms with van der Waals surface area (Å²) in [7, 11) is 1.74. The van der Waals surface area contributed by atoms with Gasteiger partial charge < -0.3 is 4.74 Å². The second-order valence-electron chi connectivity index (χ2n) is 30.3. The number of hydrogen-bond donors (Lipinski definition) is 0. The van der Waals surface area contributed by atoms with Crippen LogP contribution < -0.4 is 4.74 Å². The van der Waals surface area contributed by atoms with Gasteiger partial charge in [-0.05, 0) is 216 Å². The molecule has 0 aliphatic heterocycles. The molecule has 0 atom stereocenters. The van der Waals surface area contributed by atoms with Gasteiger partial charge in [0.2, 0.25) is 0 Å². The van der Waals surface area contributed by atoms with E-state index in [1.807, 2.05) is 50.2 Å². The van der Waals surface area contributed by atoms with Gasteiger partial charge in [0.25, 0.3) is 0 Å². The fraction of sp³-hybridized carbons (Fsp3) is 0.528. The molecular formula is C89H132Cl2F2O. The summed E-state index contributed by atoms with van der Waals surface area (Å²) in [5.74, 6) is 8.76. The molecule has 0 aliphatic carbocycles. The lowest BCUT2D eigenvalue weighted by molar-refractivity contribution is 0.406. The number of rotatable bonds is 16. The third kappa shape index (κ3) is 28.1. The van der Waals surface area contributed by atoms with Crippen LogP contribution in [0.15, 0.2) is 127 Å². The number of benzene rings is 7. The van der Waals surface area contributed by atoms with E-state index < -0.39 is 0 Å². The maximum absolute atomic E-state index is 13.5. The number of aryl methyl sites for hydroxylation is 1. The van der Waals surface area contributed by atoms with E-state index in [0.29, 0.717) is 82.9 Å². The van der Waals surface area contributed by atoms with Gasteiger partial charge in [-0.2, -0.15) is 0 Å². The molecule has 0 heterocycles. The van der Waals surface area contributed by atoms with Crippen LogP contribution >= 0.6 is 23.2 Å². The molecule has 1 nitrogen and oxygen atoms in total. The van der Waals surface area contributed by atoms with Crippen molar-refractivity contribution in [2.45, 2.75) is 303 Å². The zero-order chi connectivity index (χ0) is 72.3. The number of hydrogen-bond acceptors (Lipinski definition) is 1. The first-order valence-corrected chi connectivity index (χ1v) is 36.5. The highest BCUT2D eigenvalue weighted by Crippen LogP contribution is 2.36. The summed E-state index contributed by atoms with van der Waals surface area (Å²) in [6, 6.07) is 42.9. The van der Waals surface area contributed by atoms with Gasteiger partial charge in [0.1, 0.15) is 17.4 Å². The second-order valence-corrected chi connectivity index (χ2v) is 31.2. The van der Waals surface area contributed by atoms with Crippen molar-refractivity contribution in [1.29, 1.82) is 0 Å². The first-order valence-electron chi connectivity index (χ1n) is 35.7. The maximum atomic E-state index is 13.5. The summed E-state index contributed by atoms with van der Waals surface area (Å²) in [5.41, 5.74) is 21.5. The lowest BCUT2D eigenvalue weighted by Gasteiger charge is -2.18. The van der Waals surface area contributed by atoms with E-state index in [-0.39, 0.29) is 17.6 Å². The Bertz CT molecular complexity index is 3070. The zero-order valence-electron chi connectivity index (χ0n) is 65.2. The molecule has 7 aromatic carbocycles. The van der Waals surface area contributed by atoms with Gasteiger partial charge in [-0.15, -0.1) is 0 Å². The van der Waals surface area contributed by atoms with Crippen LogP contribution in [-0.4, -0.2) is 7.11 Å².